The molecule has 10 heteroatoms. The summed E-state index contributed by atoms with van der Waals surface area (Å²) in [7, 11) is 1.59. The minimum atomic E-state index is -1.20. The number of nitrogens with zero attached hydrogens (tertiary/aromatic N) is 2. The normalized spacial score (nSPS) is 10.7. The second-order valence-electron chi connectivity index (χ2n) is 5.45. The van der Waals surface area contributed by atoms with Gasteiger partial charge in [0.2, 0.25) is 0 Å². The van der Waals surface area contributed by atoms with Gasteiger partial charge in [0.25, 0.3) is 5.91 Å². The van der Waals surface area contributed by atoms with Gasteiger partial charge >= 0.3 is 5.97 Å². The van der Waals surface area contributed by atoms with Crippen molar-refractivity contribution in [3.8, 4) is 5.75 Å². The number of carboxylic acid groups (broad SMARTS) is 1. The van der Waals surface area contributed by atoms with E-state index in [4.69, 9.17) is 9.84 Å². The van der Waals surface area contributed by atoms with Crippen molar-refractivity contribution >= 4 is 29.3 Å². The first-order chi connectivity index (χ1) is 13.0. The van der Waals surface area contributed by atoms with Gasteiger partial charge in [-0.2, -0.15) is 0 Å². The molecule has 3 N–H and O–H groups in total. The minimum absolute atomic E-state index is 0.132. The standard InChI is InChI=1S/C17H16N4O5S/c1-26-12-5-3-2-4-10(12)8-27-13-6-11(22)15(16-19-9-20-21(13)16)17(25)18-7-14(23)24/h2-6,9H,7-8H2,1H3,(H,18,25)(H,19,20)(H,23,24). The predicted octanol–water partition coefficient (Wildman–Crippen LogP) is 1.14. The molecule has 0 spiro atoms. The van der Waals surface area contributed by atoms with Gasteiger partial charge in [-0.1, -0.05) is 18.2 Å². The van der Waals surface area contributed by atoms with E-state index in [1.54, 1.807) is 7.11 Å². The number of aromatic nitrogens is 3. The molecule has 2 aromatic heterocycles. The highest BCUT2D eigenvalue weighted by atomic mass is 32.2. The van der Waals surface area contributed by atoms with Crippen molar-refractivity contribution in [1.29, 1.82) is 0 Å². The number of pyridine rings is 1. The van der Waals surface area contributed by atoms with E-state index in [-0.39, 0.29) is 11.2 Å². The summed E-state index contributed by atoms with van der Waals surface area (Å²) < 4.78 is 6.83. The molecular weight excluding hydrogens is 372 g/mol. The van der Waals surface area contributed by atoms with E-state index in [9.17, 15) is 14.4 Å². The Hall–Kier alpha value is -3.27. The summed E-state index contributed by atoms with van der Waals surface area (Å²) in [6.45, 7) is -0.584. The summed E-state index contributed by atoms with van der Waals surface area (Å²) in [5, 5.41) is 14.3. The van der Waals surface area contributed by atoms with Crippen molar-refractivity contribution in [3.05, 3.63) is 58.0 Å². The number of methoxy groups -OCH3 is 1. The Labute approximate surface area is 157 Å². The molecule has 1 aromatic carbocycles. The molecule has 0 saturated carbocycles. The third-order valence-corrected chi connectivity index (χ3v) is 4.78. The number of aromatic amines is 1. The first-order valence-corrected chi connectivity index (χ1v) is 8.83. The molecule has 2 heterocycles. The third kappa shape index (κ3) is 3.95. The number of hydrogen-bond acceptors (Lipinski definition) is 6. The zero-order valence-electron chi connectivity index (χ0n) is 14.3. The topological polar surface area (TPSA) is 126 Å². The summed E-state index contributed by atoms with van der Waals surface area (Å²) in [6.07, 6.45) is 1.36. The summed E-state index contributed by atoms with van der Waals surface area (Å²) in [5.41, 5.74) is 0.341. The van der Waals surface area contributed by atoms with Crippen LogP contribution in [-0.4, -0.2) is 45.2 Å². The maximum atomic E-state index is 12.5. The maximum Gasteiger partial charge on any atom is 0.322 e. The molecule has 0 radical (unpaired) electrons. The van der Waals surface area contributed by atoms with Crippen molar-refractivity contribution in [3.63, 3.8) is 0 Å². The lowest BCUT2D eigenvalue weighted by atomic mass is 10.2. The molecule has 3 aromatic rings. The molecule has 27 heavy (non-hydrogen) atoms. The van der Waals surface area contributed by atoms with E-state index >= 15 is 0 Å². The molecule has 0 atom stereocenters. The molecule has 0 aliphatic carbocycles. The van der Waals surface area contributed by atoms with Gasteiger partial charge in [-0.3, -0.25) is 19.5 Å². The maximum absolute atomic E-state index is 12.5. The number of aliphatic carboxylic acids is 1. The van der Waals surface area contributed by atoms with Gasteiger partial charge in [-0.05, 0) is 6.07 Å². The molecule has 1 amide bonds. The number of fused-ring (bicyclic) bond motifs is 1. The Morgan fingerprint density at radius 2 is 2.15 bits per heavy atom. The summed E-state index contributed by atoms with van der Waals surface area (Å²) in [4.78, 5) is 39.3. The first kappa shape index (κ1) is 18.5. The molecule has 0 unspecified atom stereocenters. The van der Waals surface area contributed by atoms with Crippen LogP contribution < -0.4 is 15.5 Å². The summed E-state index contributed by atoms with van der Waals surface area (Å²) in [6, 6.07) is 8.86. The van der Waals surface area contributed by atoms with Crippen LogP contribution in [0.2, 0.25) is 0 Å². The molecule has 9 nitrogen and oxygen atoms in total. The van der Waals surface area contributed by atoms with Crippen molar-refractivity contribution in [2.45, 2.75) is 10.8 Å². The average molecular weight is 388 g/mol. The summed E-state index contributed by atoms with van der Waals surface area (Å²) in [5.74, 6) is -0.711. The van der Waals surface area contributed by atoms with E-state index in [0.717, 1.165) is 11.3 Å². The third-order valence-electron chi connectivity index (χ3n) is 3.73. The smallest absolute Gasteiger partial charge is 0.322 e. The Bertz CT molecular complexity index is 1060. The number of carboxylic acids is 1. The van der Waals surface area contributed by atoms with Gasteiger partial charge in [0.1, 0.15) is 29.2 Å². The number of thioether (sulfide) groups is 1. The Morgan fingerprint density at radius 1 is 1.37 bits per heavy atom. The van der Waals surface area contributed by atoms with Crippen LogP contribution in [0.4, 0.5) is 0 Å². The number of rotatable bonds is 7. The number of hydrogen-bond donors (Lipinski definition) is 3. The average Bonchev–Trinajstić information content (AvgIpc) is 3.13. The predicted molar refractivity (Wildman–Crippen MR) is 98.3 cm³/mol. The molecule has 0 aliphatic rings. The minimum Gasteiger partial charge on any atom is -0.496 e. The zero-order chi connectivity index (χ0) is 19.4. The number of nitrogens with one attached hydrogen (secondary N) is 2. The van der Waals surface area contributed by atoms with Crippen LogP contribution in [0, 0.1) is 0 Å². The number of carbonyl (C=O) groups excluding carboxylic acids is 1. The van der Waals surface area contributed by atoms with Crippen molar-refractivity contribution in [2.75, 3.05) is 13.7 Å². The van der Waals surface area contributed by atoms with Gasteiger partial charge in [0.15, 0.2) is 11.1 Å². The van der Waals surface area contributed by atoms with Gasteiger partial charge in [0, 0.05) is 17.4 Å². The largest absolute Gasteiger partial charge is 0.496 e. The van der Waals surface area contributed by atoms with E-state index in [2.05, 4.69) is 15.4 Å². The fourth-order valence-corrected chi connectivity index (χ4v) is 3.51. The molecule has 0 bridgehead atoms. The van der Waals surface area contributed by atoms with Crippen LogP contribution in [0.3, 0.4) is 0 Å². The molecule has 3 rings (SSSR count). The highest BCUT2D eigenvalue weighted by Gasteiger charge is 2.20. The van der Waals surface area contributed by atoms with Gasteiger partial charge < -0.3 is 15.2 Å². The van der Waals surface area contributed by atoms with E-state index in [1.807, 2.05) is 24.3 Å². The lowest BCUT2D eigenvalue weighted by Crippen LogP contribution is -2.33. The van der Waals surface area contributed by atoms with Crippen molar-refractivity contribution < 1.29 is 19.4 Å². The van der Waals surface area contributed by atoms with Crippen LogP contribution in [0.1, 0.15) is 15.9 Å². The second kappa shape index (κ2) is 7.96. The first-order valence-electron chi connectivity index (χ1n) is 7.85. The number of H-pyrrole nitrogens is 1. The fraction of sp³-hybridized carbons (Fsp3) is 0.176. The number of para-hydroxylation sites is 1. The van der Waals surface area contributed by atoms with Crippen LogP contribution in [0.5, 0.6) is 5.75 Å². The number of amides is 1. The Balaban J connectivity index is 1.91. The quantitative estimate of drug-likeness (QED) is 0.518. The molecule has 0 fully saturated rings. The number of carbonyl (C=O) groups is 2. The van der Waals surface area contributed by atoms with E-state index < -0.39 is 23.9 Å². The summed E-state index contributed by atoms with van der Waals surface area (Å²) >= 11 is 1.38. The molecule has 0 aliphatic heterocycles. The monoisotopic (exact) mass is 388 g/mol. The lowest BCUT2D eigenvalue weighted by molar-refractivity contribution is -0.135. The van der Waals surface area contributed by atoms with Crippen LogP contribution in [0.15, 0.2) is 46.5 Å². The van der Waals surface area contributed by atoms with Crippen LogP contribution in [0.25, 0.3) is 5.65 Å². The van der Waals surface area contributed by atoms with Gasteiger partial charge in [0.05, 0.1) is 7.11 Å². The Kier molecular flexibility index (Phi) is 5.46. The fourth-order valence-electron chi connectivity index (χ4n) is 2.51. The van der Waals surface area contributed by atoms with E-state index in [1.165, 1.54) is 28.7 Å². The molecule has 0 saturated heterocycles. The van der Waals surface area contributed by atoms with Gasteiger partial charge in [-0.15, -0.1) is 11.8 Å². The van der Waals surface area contributed by atoms with Crippen molar-refractivity contribution in [1.82, 2.24) is 19.9 Å². The number of ether oxygens (including phenoxy) is 1. The SMILES string of the molecule is COc1ccccc1CSc1cc(=O)c(C(=O)NCC(=O)O)c2nc[nH]n12. The van der Waals surface area contributed by atoms with Gasteiger partial charge in [-0.25, -0.2) is 9.50 Å². The number of benzene rings is 1. The molecular formula is C17H16N4O5S. The second-order valence-corrected chi connectivity index (χ2v) is 6.44. The molecule has 140 valence electrons. The highest BCUT2D eigenvalue weighted by Crippen LogP contribution is 2.27. The lowest BCUT2D eigenvalue weighted by Gasteiger charge is -2.10. The Morgan fingerprint density at radius 3 is 2.89 bits per heavy atom. The highest BCUT2D eigenvalue weighted by molar-refractivity contribution is 7.98. The van der Waals surface area contributed by atoms with Crippen LogP contribution >= 0.6 is 11.8 Å². The van der Waals surface area contributed by atoms with E-state index in [0.29, 0.717) is 10.8 Å². The van der Waals surface area contributed by atoms with Crippen LogP contribution in [-0.2, 0) is 10.5 Å². The zero-order valence-corrected chi connectivity index (χ0v) is 15.1. The van der Waals surface area contributed by atoms with Crippen molar-refractivity contribution in [2.24, 2.45) is 0 Å².